The molecule has 12 heteroatoms. The van der Waals surface area contributed by atoms with Gasteiger partial charge in [-0.05, 0) is 36.2 Å². The minimum Gasteiger partial charge on any atom is -0.364 e. The lowest BCUT2D eigenvalue weighted by atomic mass is 10.1. The van der Waals surface area contributed by atoms with Gasteiger partial charge in [-0.3, -0.25) is 14.9 Å². The molecule has 0 atom stereocenters. The van der Waals surface area contributed by atoms with Crippen LogP contribution < -0.4 is 10.2 Å². The first kappa shape index (κ1) is 28.1. The van der Waals surface area contributed by atoms with E-state index in [4.69, 9.17) is 21.6 Å². The number of anilines is 2. The molecule has 1 aliphatic heterocycles. The number of carbonyl (C=O) groups excluding carboxylic acids is 1. The van der Waals surface area contributed by atoms with Gasteiger partial charge < -0.3 is 19.7 Å². The number of nitro groups is 1. The van der Waals surface area contributed by atoms with E-state index in [1.54, 1.807) is 11.2 Å². The molecule has 3 aromatic carbocycles. The highest BCUT2D eigenvalue weighted by atomic mass is 35.5. The summed E-state index contributed by atoms with van der Waals surface area (Å²) >= 11 is 6.41. The van der Waals surface area contributed by atoms with Crippen molar-refractivity contribution in [1.82, 2.24) is 24.4 Å². The second-order valence-corrected chi connectivity index (χ2v) is 10.8. The molecule has 218 valence electrons. The van der Waals surface area contributed by atoms with Crippen LogP contribution >= 0.6 is 11.6 Å². The number of halogens is 1. The Morgan fingerprint density at radius 3 is 2.49 bits per heavy atom. The maximum Gasteiger partial charge on any atom is 0.269 e. The molecule has 6 rings (SSSR count). The van der Waals surface area contributed by atoms with Gasteiger partial charge in [-0.2, -0.15) is 9.97 Å². The van der Waals surface area contributed by atoms with Gasteiger partial charge in [0.1, 0.15) is 0 Å². The average molecular weight is 597 g/mol. The van der Waals surface area contributed by atoms with Gasteiger partial charge in [0.25, 0.3) is 11.6 Å². The first-order valence-corrected chi connectivity index (χ1v) is 14.3. The Morgan fingerprint density at radius 1 is 1.00 bits per heavy atom. The predicted molar refractivity (Wildman–Crippen MR) is 166 cm³/mol. The molecule has 2 aromatic heterocycles. The van der Waals surface area contributed by atoms with Crippen molar-refractivity contribution in [1.29, 1.82) is 0 Å². The van der Waals surface area contributed by atoms with Gasteiger partial charge in [0.05, 0.1) is 17.8 Å². The third-order valence-electron chi connectivity index (χ3n) is 7.47. The number of carbonyl (C=O) groups is 1. The number of benzene rings is 3. The minimum atomic E-state index is -0.478. The monoisotopic (exact) mass is 596 g/mol. The van der Waals surface area contributed by atoms with Crippen molar-refractivity contribution in [2.24, 2.45) is 0 Å². The molecule has 0 aliphatic carbocycles. The molecule has 0 saturated carbocycles. The summed E-state index contributed by atoms with van der Waals surface area (Å²) in [4.78, 5) is 41.9. The second kappa shape index (κ2) is 12.1. The number of piperazine rings is 1. The highest BCUT2D eigenvalue weighted by Gasteiger charge is 2.25. The van der Waals surface area contributed by atoms with Gasteiger partial charge >= 0.3 is 0 Å². The summed E-state index contributed by atoms with van der Waals surface area (Å²) in [6.07, 6.45) is 1.78. The zero-order chi connectivity index (χ0) is 29.9. The Morgan fingerprint density at radius 2 is 1.77 bits per heavy atom. The largest absolute Gasteiger partial charge is 0.364 e. The van der Waals surface area contributed by atoms with Crippen LogP contribution in [-0.4, -0.2) is 61.4 Å². The molecule has 5 aromatic rings. The smallest absolute Gasteiger partial charge is 0.269 e. The Hall–Kier alpha value is -5.03. The molecule has 0 spiro atoms. The predicted octanol–water partition coefficient (Wildman–Crippen LogP) is 5.32. The zero-order valence-electron chi connectivity index (χ0n) is 23.5. The first-order chi connectivity index (χ1) is 20.9. The number of fused-ring (bicyclic) bond motifs is 1. The molecule has 11 nitrogen and oxygen atoms in total. The molecule has 1 aliphatic rings. The van der Waals surface area contributed by atoms with Gasteiger partial charge in [-0.15, -0.1) is 0 Å². The van der Waals surface area contributed by atoms with E-state index in [2.05, 4.69) is 40.3 Å². The molecular formula is C31H29ClN8O3. The zero-order valence-corrected chi connectivity index (χ0v) is 24.2. The van der Waals surface area contributed by atoms with E-state index >= 15 is 0 Å². The number of hydrogen-bond donors (Lipinski definition) is 1. The fourth-order valence-electron chi connectivity index (χ4n) is 5.16. The van der Waals surface area contributed by atoms with E-state index in [1.165, 1.54) is 29.8 Å². The molecule has 1 fully saturated rings. The summed E-state index contributed by atoms with van der Waals surface area (Å²) in [6.45, 7) is 5.12. The van der Waals surface area contributed by atoms with Crippen molar-refractivity contribution < 1.29 is 9.72 Å². The van der Waals surface area contributed by atoms with Crippen LogP contribution in [0.25, 0.3) is 11.2 Å². The number of nitrogens with zero attached hydrogens (tertiary/aromatic N) is 7. The van der Waals surface area contributed by atoms with Crippen molar-refractivity contribution >= 4 is 46.1 Å². The van der Waals surface area contributed by atoms with Gasteiger partial charge in [0, 0.05) is 55.4 Å². The van der Waals surface area contributed by atoms with Gasteiger partial charge in [-0.1, -0.05) is 59.6 Å². The van der Waals surface area contributed by atoms with Gasteiger partial charge in [-0.25, -0.2) is 4.98 Å². The Kier molecular flexibility index (Phi) is 7.89. The van der Waals surface area contributed by atoms with E-state index in [0.717, 1.165) is 11.1 Å². The topological polar surface area (TPSA) is 122 Å². The molecule has 43 heavy (non-hydrogen) atoms. The summed E-state index contributed by atoms with van der Waals surface area (Å²) in [5.41, 5.74) is 5.00. The van der Waals surface area contributed by atoms with Gasteiger partial charge in [0.15, 0.2) is 17.0 Å². The van der Waals surface area contributed by atoms with Crippen molar-refractivity contribution in [3.05, 3.63) is 117 Å². The highest BCUT2D eigenvalue weighted by Crippen LogP contribution is 2.26. The van der Waals surface area contributed by atoms with Crippen molar-refractivity contribution in [3.8, 4) is 0 Å². The molecular weight excluding hydrogens is 568 g/mol. The maximum absolute atomic E-state index is 13.1. The lowest BCUT2D eigenvalue weighted by Gasteiger charge is -2.35. The summed E-state index contributed by atoms with van der Waals surface area (Å²) < 4.78 is 2.02. The lowest BCUT2D eigenvalue weighted by Crippen LogP contribution is -2.49. The summed E-state index contributed by atoms with van der Waals surface area (Å²) in [7, 11) is 0. The van der Waals surface area contributed by atoms with E-state index in [-0.39, 0.29) is 11.6 Å². The second-order valence-electron chi connectivity index (χ2n) is 10.4. The number of nitro benzene ring substituents is 1. The number of imidazole rings is 1. The molecule has 0 bridgehead atoms. The first-order valence-electron chi connectivity index (χ1n) is 13.9. The van der Waals surface area contributed by atoms with Crippen molar-refractivity contribution in [2.75, 3.05) is 36.4 Å². The Labute approximate surface area is 252 Å². The number of amides is 1. The van der Waals surface area contributed by atoms with Gasteiger partial charge in [0.2, 0.25) is 5.95 Å². The van der Waals surface area contributed by atoms with Crippen molar-refractivity contribution in [3.63, 3.8) is 0 Å². The number of nitrogens with one attached hydrogen (secondary N) is 1. The highest BCUT2D eigenvalue weighted by molar-refractivity contribution is 6.31. The third kappa shape index (κ3) is 6.12. The van der Waals surface area contributed by atoms with E-state index < -0.39 is 4.92 Å². The quantitative estimate of drug-likeness (QED) is 0.189. The number of hydrogen-bond acceptors (Lipinski definition) is 8. The number of rotatable bonds is 8. The maximum atomic E-state index is 13.1. The van der Waals surface area contributed by atoms with Crippen LogP contribution in [0.5, 0.6) is 0 Å². The summed E-state index contributed by atoms with van der Waals surface area (Å²) in [5.74, 6) is 0.985. The molecule has 1 saturated heterocycles. The standard InChI is InChI=1S/C31H29ClN8O3/c1-21-5-4-6-22(17-21)19-39-20-34-27-28(33-18-24-7-2-3-8-26(24)32)35-31(36-29(27)39)38-15-13-37(14-16-38)30(41)23-9-11-25(12-10-23)40(42)43/h2-12,17,20H,13-16,18-19H2,1H3,(H,33,35,36). The van der Waals surface area contributed by atoms with Crippen LogP contribution in [0.3, 0.4) is 0 Å². The van der Waals surface area contributed by atoms with Crippen molar-refractivity contribution in [2.45, 2.75) is 20.0 Å². The van der Waals surface area contributed by atoms with Crippen LogP contribution in [0.4, 0.5) is 17.5 Å². The molecule has 3 heterocycles. The number of aromatic nitrogens is 4. The van der Waals surface area contributed by atoms with Crippen LogP contribution in [-0.2, 0) is 13.1 Å². The Bertz CT molecular complexity index is 1800. The summed E-state index contributed by atoms with van der Waals surface area (Å²) in [5, 5.41) is 15.1. The third-order valence-corrected chi connectivity index (χ3v) is 7.84. The molecule has 0 unspecified atom stereocenters. The number of aryl methyl sites for hydroxylation is 1. The SMILES string of the molecule is Cc1cccc(Cn2cnc3c(NCc4ccccc4Cl)nc(N4CCN(C(=O)c5ccc([N+](=O)[O-])cc5)CC4)nc32)c1. The van der Waals surface area contributed by atoms with E-state index in [0.29, 0.717) is 72.8 Å². The minimum absolute atomic E-state index is 0.0468. The van der Waals surface area contributed by atoms with E-state index in [1.807, 2.05) is 34.9 Å². The summed E-state index contributed by atoms with van der Waals surface area (Å²) in [6, 6.07) is 21.7. The fraction of sp³-hybridized carbons (Fsp3) is 0.226. The molecule has 1 N–H and O–H groups in total. The molecule has 1 amide bonds. The van der Waals surface area contributed by atoms with Crippen LogP contribution in [0.2, 0.25) is 5.02 Å². The van der Waals surface area contributed by atoms with E-state index in [9.17, 15) is 14.9 Å². The lowest BCUT2D eigenvalue weighted by molar-refractivity contribution is -0.384. The van der Waals surface area contributed by atoms with Crippen LogP contribution in [0.1, 0.15) is 27.0 Å². The Balaban J connectivity index is 1.25. The fourth-order valence-corrected chi connectivity index (χ4v) is 5.36. The normalized spacial score (nSPS) is 13.3. The molecule has 0 radical (unpaired) electrons. The number of non-ortho nitro benzene ring substituents is 1. The van der Waals surface area contributed by atoms with Crippen LogP contribution in [0, 0.1) is 17.0 Å². The van der Waals surface area contributed by atoms with Crippen LogP contribution in [0.15, 0.2) is 79.1 Å². The average Bonchev–Trinajstić information content (AvgIpc) is 3.43.